The number of nitrogens with zero attached hydrogens (tertiary/aromatic N) is 3. The zero-order valence-corrected chi connectivity index (χ0v) is 15.1. The average Bonchev–Trinajstić information content (AvgIpc) is 3.40. The van der Waals surface area contributed by atoms with Gasteiger partial charge in [-0.25, -0.2) is 4.98 Å². The van der Waals surface area contributed by atoms with Crippen molar-refractivity contribution in [2.45, 2.75) is 13.5 Å². The molecule has 3 heterocycles. The van der Waals surface area contributed by atoms with E-state index in [4.69, 9.17) is 14.6 Å². The summed E-state index contributed by atoms with van der Waals surface area (Å²) in [6.07, 6.45) is 0. The van der Waals surface area contributed by atoms with E-state index in [1.807, 2.05) is 41.8 Å². The molecule has 0 unspecified atom stereocenters. The van der Waals surface area contributed by atoms with E-state index in [2.05, 4.69) is 20.5 Å². The van der Waals surface area contributed by atoms with Crippen LogP contribution >= 0.6 is 11.3 Å². The highest BCUT2D eigenvalue weighted by atomic mass is 32.1. The number of anilines is 1. The standard InChI is InChI=1S/C18H15N5O3S/c1-10(24)20-8-13-5-6-15(25-13)14-9-27-17(21-14)12-4-2-3-11(7-12)16-22-23-18(19)26-16/h2-7,9H,8H2,1H3,(H2,19,23)(H,20,24). The van der Waals surface area contributed by atoms with Crippen LogP contribution in [0.2, 0.25) is 0 Å². The Bertz CT molecular complexity index is 1100. The maximum Gasteiger partial charge on any atom is 0.313 e. The van der Waals surface area contributed by atoms with E-state index in [1.165, 1.54) is 18.3 Å². The van der Waals surface area contributed by atoms with Gasteiger partial charge in [-0.15, -0.1) is 16.4 Å². The van der Waals surface area contributed by atoms with Crippen LogP contribution in [0.25, 0.3) is 33.5 Å². The molecule has 4 rings (SSSR count). The van der Waals surface area contributed by atoms with Crippen LogP contribution in [0.4, 0.5) is 6.01 Å². The summed E-state index contributed by atoms with van der Waals surface area (Å²) in [5, 5.41) is 13.0. The highest BCUT2D eigenvalue weighted by Crippen LogP contribution is 2.32. The largest absolute Gasteiger partial charge is 0.458 e. The first-order chi connectivity index (χ1) is 13.1. The quantitative estimate of drug-likeness (QED) is 0.544. The number of carbonyl (C=O) groups excluding carboxylic acids is 1. The molecule has 0 saturated carbocycles. The summed E-state index contributed by atoms with van der Waals surface area (Å²) in [6, 6.07) is 11.3. The van der Waals surface area contributed by atoms with Gasteiger partial charge in [0.2, 0.25) is 11.8 Å². The summed E-state index contributed by atoms with van der Waals surface area (Å²) in [5.74, 6) is 1.58. The number of nitrogens with two attached hydrogens (primary N) is 1. The number of nitrogens with one attached hydrogen (secondary N) is 1. The first-order valence-corrected chi connectivity index (χ1v) is 8.95. The van der Waals surface area contributed by atoms with Crippen molar-refractivity contribution in [3.05, 3.63) is 47.5 Å². The van der Waals surface area contributed by atoms with Crippen molar-refractivity contribution in [3.63, 3.8) is 0 Å². The highest BCUT2D eigenvalue weighted by Gasteiger charge is 2.13. The molecule has 1 aromatic carbocycles. The molecule has 0 aliphatic rings. The number of hydrogen-bond acceptors (Lipinski definition) is 8. The summed E-state index contributed by atoms with van der Waals surface area (Å²) in [6.45, 7) is 1.81. The molecule has 9 heteroatoms. The summed E-state index contributed by atoms with van der Waals surface area (Å²) in [7, 11) is 0. The van der Waals surface area contributed by atoms with Gasteiger partial charge in [0.1, 0.15) is 16.5 Å². The summed E-state index contributed by atoms with van der Waals surface area (Å²) >= 11 is 1.50. The topological polar surface area (TPSA) is 120 Å². The van der Waals surface area contributed by atoms with E-state index < -0.39 is 0 Å². The van der Waals surface area contributed by atoms with Crippen LogP contribution < -0.4 is 11.1 Å². The summed E-state index contributed by atoms with van der Waals surface area (Å²) < 4.78 is 11.0. The molecule has 3 aromatic heterocycles. The van der Waals surface area contributed by atoms with Crippen LogP contribution in [-0.2, 0) is 11.3 Å². The Kier molecular flexibility index (Phi) is 4.43. The maximum absolute atomic E-state index is 11.0. The van der Waals surface area contributed by atoms with Gasteiger partial charge >= 0.3 is 6.01 Å². The van der Waals surface area contributed by atoms with Crippen LogP contribution in [0.3, 0.4) is 0 Å². The van der Waals surface area contributed by atoms with Gasteiger partial charge in [0, 0.05) is 23.4 Å². The van der Waals surface area contributed by atoms with Gasteiger partial charge in [-0.3, -0.25) is 4.79 Å². The number of benzene rings is 1. The lowest BCUT2D eigenvalue weighted by atomic mass is 10.1. The van der Waals surface area contributed by atoms with Crippen LogP contribution in [0.5, 0.6) is 0 Å². The second kappa shape index (κ2) is 7.04. The van der Waals surface area contributed by atoms with Crippen LogP contribution in [-0.4, -0.2) is 21.1 Å². The minimum absolute atomic E-state index is 0.0276. The fourth-order valence-corrected chi connectivity index (χ4v) is 3.28. The molecule has 0 spiro atoms. The number of thiazole rings is 1. The normalized spacial score (nSPS) is 10.9. The third-order valence-electron chi connectivity index (χ3n) is 3.73. The van der Waals surface area contributed by atoms with Crippen molar-refractivity contribution >= 4 is 23.3 Å². The average molecular weight is 381 g/mol. The Labute approximate surface area is 158 Å². The minimum atomic E-state index is -0.105. The lowest BCUT2D eigenvalue weighted by Gasteiger charge is -1.99. The predicted molar refractivity (Wildman–Crippen MR) is 100 cm³/mol. The van der Waals surface area contributed by atoms with Crippen molar-refractivity contribution < 1.29 is 13.6 Å². The summed E-state index contributed by atoms with van der Waals surface area (Å²) in [5.41, 5.74) is 7.91. The molecule has 0 fully saturated rings. The lowest BCUT2D eigenvalue weighted by molar-refractivity contribution is -0.119. The molecule has 0 saturated heterocycles. The first-order valence-electron chi connectivity index (χ1n) is 8.07. The van der Waals surface area contributed by atoms with Crippen molar-refractivity contribution in [2.75, 3.05) is 5.73 Å². The van der Waals surface area contributed by atoms with Gasteiger partial charge in [-0.2, -0.15) is 0 Å². The Hall–Kier alpha value is -3.46. The number of furan rings is 1. The number of rotatable bonds is 5. The second-order valence-electron chi connectivity index (χ2n) is 5.74. The molecular weight excluding hydrogens is 366 g/mol. The SMILES string of the molecule is CC(=O)NCc1ccc(-c2csc(-c3cccc(-c4nnc(N)o4)c3)n2)o1. The van der Waals surface area contributed by atoms with E-state index in [9.17, 15) is 4.79 Å². The van der Waals surface area contributed by atoms with Gasteiger partial charge in [0.25, 0.3) is 0 Å². The molecule has 136 valence electrons. The first kappa shape index (κ1) is 17.0. The smallest absolute Gasteiger partial charge is 0.313 e. The van der Waals surface area contributed by atoms with E-state index in [-0.39, 0.29) is 11.9 Å². The zero-order chi connectivity index (χ0) is 18.8. The molecule has 27 heavy (non-hydrogen) atoms. The third-order valence-corrected chi connectivity index (χ3v) is 4.62. The fourth-order valence-electron chi connectivity index (χ4n) is 2.48. The van der Waals surface area contributed by atoms with Crippen LogP contribution in [0.15, 0.2) is 50.6 Å². The molecule has 4 aromatic rings. The predicted octanol–water partition coefficient (Wildman–Crippen LogP) is 3.34. The van der Waals surface area contributed by atoms with Gasteiger partial charge in [0.15, 0.2) is 5.76 Å². The van der Waals surface area contributed by atoms with E-state index in [0.717, 1.165) is 21.8 Å². The Morgan fingerprint density at radius 3 is 2.81 bits per heavy atom. The van der Waals surface area contributed by atoms with E-state index in [1.54, 1.807) is 0 Å². The summed E-state index contributed by atoms with van der Waals surface area (Å²) in [4.78, 5) is 15.6. The number of amides is 1. The van der Waals surface area contributed by atoms with Crippen LogP contribution in [0, 0.1) is 0 Å². The molecule has 3 N–H and O–H groups in total. The molecule has 8 nitrogen and oxygen atoms in total. The molecular formula is C18H15N5O3S. The van der Waals surface area contributed by atoms with Crippen molar-refractivity contribution in [3.8, 4) is 33.5 Å². The minimum Gasteiger partial charge on any atom is -0.458 e. The molecule has 0 atom stereocenters. The maximum atomic E-state index is 11.0. The molecule has 0 radical (unpaired) electrons. The van der Waals surface area contributed by atoms with Gasteiger partial charge < -0.3 is 19.9 Å². The Morgan fingerprint density at radius 1 is 1.19 bits per heavy atom. The third kappa shape index (κ3) is 3.72. The molecule has 0 bridgehead atoms. The molecule has 1 amide bonds. The number of carbonyl (C=O) groups is 1. The van der Waals surface area contributed by atoms with Crippen molar-refractivity contribution in [2.24, 2.45) is 0 Å². The number of nitrogen functional groups attached to an aromatic ring is 1. The molecule has 0 aliphatic heterocycles. The van der Waals surface area contributed by atoms with E-state index in [0.29, 0.717) is 24.0 Å². The second-order valence-corrected chi connectivity index (χ2v) is 6.60. The van der Waals surface area contributed by atoms with Crippen molar-refractivity contribution in [1.82, 2.24) is 20.5 Å². The fraction of sp³-hybridized carbons (Fsp3) is 0.111. The number of aromatic nitrogens is 3. The number of hydrogen-bond donors (Lipinski definition) is 2. The van der Waals surface area contributed by atoms with Gasteiger partial charge in [0.05, 0.1) is 6.54 Å². The lowest BCUT2D eigenvalue weighted by Crippen LogP contribution is -2.18. The van der Waals surface area contributed by atoms with Crippen molar-refractivity contribution in [1.29, 1.82) is 0 Å². The van der Waals surface area contributed by atoms with Gasteiger partial charge in [-0.1, -0.05) is 17.2 Å². The Balaban J connectivity index is 1.57. The Morgan fingerprint density at radius 2 is 2.04 bits per heavy atom. The van der Waals surface area contributed by atoms with Gasteiger partial charge in [-0.05, 0) is 24.3 Å². The molecule has 0 aliphatic carbocycles. The highest BCUT2D eigenvalue weighted by molar-refractivity contribution is 7.13. The van der Waals surface area contributed by atoms with Crippen LogP contribution in [0.1, 0.15) is 12.7 Å². The van der Waals surface area contributed by atoms with E-state index >= 15 is 0 Å². The zero-order valence-electron chi connectivity index (χ0n) is 14.3. The monoisotopic (exact) mass is 381 g/mol.